The van der Waals surface area contributed by atoms with Crippen molar-refractivity contribution in [2.75, 3.05) is 5.32 Å². The van der Waals surface area contributed by atoms with Crippen LogP contribution in [-0.2, 0) is 0 Å². The van der Waals surface area contributed by atoms with Crippen molar-refractivity contribution in [2.45, 2.75) is 0 Å². The Morgan fingerprint density at radius 2 is 1.44 bits per heavy atom. The van der Waals surface area contributed by atoms with E-state index in [2.05, 4.69) is 5.32 Å². The van der Waals surface area contributed by atoms with Gasteiger partial charge < -0.3 is 5.32 Å². The van der Waals surface area contributed by atoms with Gasteiger partial charge in [0.05, 0.1) is 16.8 Å². The first-order valence-corrected chi connectivity index (χ1v) is 8.05. The van der Waals surface area contributed by atoms with Crippen molar-refractivity contribution in [1.29, 1.82) is 0 Å². The molecule has 0 saturated heterocycles. The molecule has 6 heteroatoms. The largest absolute Gasteiger partial charge is 0.321 e. The highest BCUT2D eigenvalue weighted by Gasteiger charge is 2.31. The minimum Gasteiger partial charge on any atom is -0.321 e. The molecule has 1 aliphatic carbocycles. The number of anilines is 1. The number of hydrogen-bond acceptors (Lipinski definition) is 3. The average Bonchev–Trinajstić information content (AvgIpc) is 2.66. The van der Waals surface area contributed by atoms with Crippen LogP contribution in [0.4, 0.5) is 14.5 Å². The first-order chi connectivity index (χ1) is 13.0. The Hall–Kier alpha value is -3.67. The lowest BCUT2D eigenvalue weighted by molar-refractivity contribution is 0.0978. The second kappa shape index (κ2) is 6.25. The Bertz CT molecular complexity index is 1140. The number of rotatable bonds is 2. The molecule has 0 fully saturated rings. The Morgan fingerprint density at radius 3 is 2.15 bits per heavy atom. The zero-order valence-electron chi connectivity index (χ0n) is 13.8. The molecule has 132 valence electrons. The van der Waals surface area contributed by atoms with E-state index in [1.165, 1.54) is 24.3 Å². The van der Waals surface area contributed by atoms with Crippen LogP contribution < -0.4 is 5.32 Å². The summed E-state index contributed by atoms with van der Waals surface area (Å²) in [5.74, 6) is -3.41. The smallest absolute Gasteiger partial charge is 0.258 e. The molecule has 4 nitrogen and oxygen atoms in total. The van der Waals surface area contributed by atoms with E-state index in [-0.39, 0.29) is 33.7 Å². The van der Waals surface area contributed by atoms with Crippen LogP contribution in [0.5, 0.6) is 0 Å². The molecule has 1 N–H and O–H groups in total. The van der Waals surface area contributed by atoms with E-state index in [1.54, 1.807) is 18.2 Å². The number of halogens is 2. The molecule has 0 heterocycles. The molecule has 1 aliphatic rings. The maximum absolute atomic E-state index is 13.9. The van der Waals surface area contributed by atoms with E-state index in [9.17, 15) is 23.2 Å². The summed E-state index contributed by atoms with van der Waals surface area (Å²) in [6.07, 6.45) is 0. The first kappa shape index (κ1) is 16.8. The number of carbonyl (C=O) groups is 3. The van der Waals surface area contributed by atoms with Crippen molar-refractivity contribution in [1.82, 2.24) is 0 Å². The lowest BCUT2D eigenvalue weighted by atomic mass is 9.83. The van der Waals surface area contributed by atoms with Crippen molar-refractivity contribution >= 4 is 23.2 Å². The lowest BCUT2D eigenvalue weighted by Gasteiger charge is -2.20. The number of ketones is 2. The summed E-state index contributed by atoms with van der Waals surface area (Å²) in [6.45, 7) is 0. The standard InChI is InChI=1S/C21H11F2NO3/c22-11-8-9-14(16(23)10-11)21(27)24-17-7-3-6-15-18(17)20(26)13-5-2-1-4-12(13)19(15)25/h1-10H,(H,24,27). The van der Waals surface area contributed by atoms with Gasteiger partial charge in [-0.15, -0.1) is 0 Å². The summed E-state index contributed by atoms with van der Waals surface area (Å²) in [4.78, 5) is 38.0. The minimum atomic E-state index is -1.02. The zero-order chi connectivity index (χ0) is 19.1. The van der Waals surface area contributed by atoms with Crippen LogP contribution in [0.2, 0.25) is 0 Å². The van der Waals surface area contributed by atoms with Crippen LogP contribution in [0.3, 0.4) is 0 Å². The Labute approximate surface area is 152 Å². The van der Waals surface area contributed by atoms with Crippen molar-refractivity contribution in [2.24, 2.45) is 0 Å². The lowest BCUT2D eigenvalue weighted by Crippen LogP contribution is -2.24. The summed E-state index contributed by atoms with van der Waals surface area (Å²) < 4.78 is 26.9. The number of fused-ring (bicyclic) bond motifs is 2. The number of amides is 1. The van der Waals surface area contributed by atoms with Gasteiger partial charge in [-0.2, -0.15) is 0 Å². The fourth-order valence-electron chi connectivity index (χ4n) is 3.11. The van der Waals surface area contributed by atoms with Crippen molar-refractivity contribution < 1.29 is 23.2 Å². The predicted octanol–water partition coefficient (Wildman–Crippen LogP) is 3.99. The van der Waals surface area contributed by atoms with Crippen LogP contribution >= 0.6 is 0 Å². The van der Waals surface area contributed by atoms with Gasteiger partial charge in [0.1, 0.15) is 11.6 Å². The SMILES string of the molecule is O=C(Nc1cccc2c1C(=O)c1ccccc1C2=O)c1ccc(F)cc1F. The highest BCUT2D eigenvalue weighted by Crippen LogP contribution is 2.32. The minimum absolute atomic E-state index is 0.0528. The quantitative estimate of drug-likeness (QED) is 0.586. The third-order valence-electron chi connectivity index (χ3n) is 4.38. The molecule has 0 radical (unpaired) electrons. The zero-order valence-corrected chi connectivity index (χ0v) is 13.8. The van der Waals surface area contributed by atoms with Gasteiger partial charge in [0.15, 0.2) is 11.6 Å². The molecule has 0 bridgehead atoms. The van der Waals surface area contributed by atoms with Crippen LogP contribution in [0, 0.1) is 11.6 Å². The van der Waals surface area contributed by atoms with E-state index in [4.69, 9.17) is 0 Å². The van der Waals surface area contributed by atoms with Crippen LogP contribution in [0.25, 0.3) is 0 Å². The normalized spacial score (nSPS) is 12.4. The van der Waals surface area contributed by atoms with Crippen LogP contribution in [-0.4, -0.2) is 17.5 Å². The molecule has 3 aromatic carbocycles. The van der Waals surface area contributed by atoms with Gasteiger partial charge in [-0.05, 0) is 18.2 Å². The monoisotopic (exact) mass is 363 g/mol. The van der Waals surface area contributed by atoms with E-state index in [0.29, 0.717) is 11.6 Å². The van der Waals surface area contributed by atoms with Crippen molar-refractivity contribution in [3.63, 3.8) is 0 Å². The van der Waals surface area contributed by atoms with Gasteiger partial charge >= 0.3 is 0 Å². The molecule has 0 spiro atoms. The summed E-state index contributed by atoms with van der Waals surface area (Å²) in [5.41, 5.74) is 0.471. The number of hydrogen-bond donors (Lipinski definition) is 1. The highest BCUT2D eigenvalue weighted by molar-refractivity contribution is 6.30. The maximum atomic E-state index is 13.9. The average molecular weight is 363 g/mol. The molecular formula is C21H11F2NO3. The van der Waals surface area contributed by atoms with Gasteiger partial charge in [-0.1, -0.05) is 36.4 Å². The fourth-order valence-corrected chi connectivity index (χ4v) is 3.11. The van der Waals surface area contributed by atoms with E-state index >= 15 is 0 Å². The number of nitrogens with one attached hydrogen (secondary N) is 1. The number of benzene rings is 3. The summed E-state index contributed by atoms with van der Waals surface area (Å²) in [6, 6.07) is 13.5. The molecule has 0 atom stereocenters. The second-order valence-corrected chi connectivity index (χ2v) is 6.01. The molecular weight excluding hydrogens is 352 g/mol. The molecule has 4 rings (SSSR count). The molecule has 0 aromatic heterocycles. The molecule has 27 heavy (non-hydrogen) atoms. The molecule has 3 aromatic rings. The van der Waals surface area contributed by atoms with Crippen molar-refractivity contribution in [3.05, 3.63) is 100 Å². The molecule has 0 saturated carbocycles. The summed E-state index contributed by atoms with van der Waals surface area (Å²) >= 11 is 0. The highest BCUT2D eigenvalue weighted by atomic mass is 19.1. The van der Waals surface area contributed by atoms with Gasteiger partial charge in [0, 0.05) is 22.8 Å². The first-order valence-electron chi connectivity index (χ1n) is 8.05. The third-order valence-corrected chi connectivity index (χ3v) is 4.38. The number of carbonyl (C=O) groups excluding carboxylic acids is 3. The Morgan fingerprint density at radius 1 is 0.778 bits per heavy atom. The third kappa shape index (κ3) is 2.71. The second-order valence-electron chi connectivity index (χ2n) is 6.01. The predicted molar refractivity (Wildman–Crippen MR) is 94.1 cm³/mol. The Kier molecular flexibility index (Phi) is 3.88. The topological polar surface area (TPSA) is 63.2 Å². The van der Waals surface area contributed by atoms with E-state index in [0.717, 1.165) is 12.1 Å². The maximum Gasteiger partial charge on any atom is 0.258 e. The van der Waals surface area contributed by atoms with Gasteiger partial charge in [-0.3, -0.25) is 14.4 Å². The fraction of sp³-hybridized carbons (Fsp3) is 0. The van der Waals surface area contributed by atoms with Crippen LogP contribution in [0.15, 0.2) is 60.7 Å². The summed E-state index contributed by atoms with van der Waals surface area (Å²) in [7, 11) is 0. The molecule has 0 aliphatic heterocycles. The van der Waals surface area contributed by atoms with E-state index in [1.807, 2.05) is 0 Å². The van der Waals surface area contributed by atoms with Crippen molar-refractivity contribution in [3.8, 4) is 0 Å². The van der Waals surface area contributed by atoms with Gasteiger partial charge in [-0.25, -0.2) is 8.78 Å². The van der Waals surface area contributed by atoms with Gasteiger partial charge in [0.25, 0.3) is 5.91 Å². The van der Waals surface area contributed by atoms with E-state index < -0.39 is 23.3 Å². The van der Waals surface area contributed by atoms with Crippen LogP contribution in [0.1, 0.15) is 42.2 Å². The molecule has 1 amide bonds. The Balaban J connectivity index is 1.77. The summed E-state index contributed by atoms with van der Waals surface area (Å²) in [5, 5.41) is 2.45. The van der Waals surface area contributed by atoms with Gasteiger partial charge in [0.2, 0.25) is 0 Å². The molecule has 0 unspecified atom stereocenters.